The monoisotopic (exact) mass is 427 g/mol. The predicted octanol–water partition coefficient (Wildman–Crippen LogP) is 2.22. The molecule has 30 heavy (non-hydrogen) atoms. The zero-order valence-corrected chi connectivity index (χ0v) is 19.3. The van der Waals surface area contributed by atoms with E-state index in [1.807, 2.05) is 12.1 Å². The molecule has 6 heteroatoms. The number of carbonyl (C=O) groups excluding carboxylic acids is 1. The Morgan fingerprint density at radius 2 is 1.60 bits per heavy atom. The Balaban J connectivity index is 1.90. The summed E-state index contributed by atoms with van der Waals surface area (Å²) in [6.07, 6.45) is -0.307. The first-order valence-electron chi connectivity index (χ1n) is 10.7. The van der Waals surface area contributed by atoms with Crippen molar-refractivity contribution in [2.75, 3.05) is 13.2 Å². The molecule has 0 aliphatic carbocycles. The van der Waals surface area contributed by atoms with Gasteiger partial charge in [0.1, 0.15) is 6.04 Å². The molecule has 1 aliphatic rings. The van der Waals surface area contributed by atoms with Gasteiger partial charge in [0, 0.05) is 6.04 Å². The van der Waals surface area contributed by atoms with Gasteiger partial charge >= 0.3 is 5.97 Å². The number of esters is 1. The molecule has 2 aromatic rings. The summed E-state index contributed by atoms with van der Waals surface area (Å²) in [6.45, 7) is 9.18. The minimum atomic E-state index is -2.64. The number of ether oxygens (including phenoxy) is 1. The molecule has 0 radical (unpaired) electrons. The van der Waals surface area contributed by atoms with Crippen LogP contribution in [-0.4, -0.2) is 50.8 Å². The first kappa shape index (κ1) is 22.7. The molecule has 1 aliphatic heterocycles. The van der Waals surface area contributed by atoms with Crippen molar-refractivity contribution < 1.29 is 19.1 Å². The topological polar surface area (TPSA) is 67.8 Å². The minimum Gasteiger partial charge on any atom is -0.465 e. The molecule has 0 saturated carbocycles. The molecule has 162 valence electrons. The van der Waals surface area contributed by atoms with Crippen LogP contribution in [0.4, 0.5) is 0 Å². The normalized spacial score (nSPS) is 22.1. The zero-order chi connectivity index (χ0) is 21.8. The van der Waals surface area contributed by atoms with E-state index in [0.29, 0.717) is 19.6 Å². The van der Waals surface area contributed by atoms with Gasteiger partial charge in [0.2, 0.25) is 0 Å². The van der Waals surface area contributed by atoms with E-state index in [0.717, 1.165) is 0 Å². The Kier molecular flexibility index (Phi) is 7.13. The van der Waals surface area contributed by atoms with Gasteiger partial charge in [0.25, 0.3) is 8.32 Å². The molecule has 3 atom stereocenters. The highest BCUT2D eigenvalue weighted by Gasteiger charge is 2.51. The molecule has 1 heterocycles. The summed E-state index contributed by atoms with van der Waals surface area (Å²) >= 11 is 0. The smallest absolute Gasteiger partial charge is 0.325 e. The molecule has 0 bridgehead atoms. The summed E-state index contributed by atoms with van der Waals surface area (Å²) < 4.78 is 12.0. The number of aliphatic hydroxyl groups is 1. The Morgan fingerprint density at radius 1 is 1.07 bits per heavy atom. The fourth-order valence-electron chi connectivity index (χ4n) is 4.42. The Hall–Kier alpha value is -1.99. The highest BCUT2D eigenvalue weighted by molar-refractivity contribution is 6.99. The minimum absolute atomic E-state index is 0.115. The standard InChI is InChI=1S/C24H33NO4Si/c1-5-28-23(27)22-21(26)16-18(25-22)17-29-30(24(2,3)4,19-12-8-6-9-13-19)20-14-10-7-11-15-20/h6-15,18,21-22,25-26H,5,16-17H2,1-4H3/t18-,21-,22-/m0/s1. The van der Waals surface area contributed by atoms with Crippen molar-refractivity contribution in [1.82, 2.24) is 5.32 Å². The zero-order valence-electron chi connectivity index (χ0n) is 18.3. The Morgan fingerprint density at radius 3 is 2.07 bits per heavy atom. The van der Waals surface area contributed by atoms with Crippen LogP contribution in [0.5, 0.6) is 0 Å². The van der Waals surface area contributed by atoms with Crippen LogP contribution in [0.25, 0.3) is 0 Å². The van der Waals surface area contributed by atoms with Crippen LogP contribution in [0.1, 0.15) is 34.1 Å². The van der Waals surface area contributed by atoms with E-state index in [2.05, 4.69) is 74.6 Å². The van der Waals surface area contributed by atoms with E-state index < -0.39 is 26.4 Å². The molecule has 1 fully saturated rings. The summed E-state index contributed by atoms with van der Waals surface area (Å²) in [5.41, 5.74) is 0. The van der Waals surface area contributed by atoms with Gasteiger partial charge in [-0.25, -0.2) is 0 Å². The van der Waals surface area contributed by atoms with Crippen LogP contribution in [0.15, 0.2) is 60.7 Å². The lowest BCUT2D eigenvalue weighted by molar-refractivity contribution is -0.147. The van der Waals surface area contributed by atoms with Gasteiger partial charge in [0.05, 0.1) is 19.3 Å². The van der Waals surface area contributed by atoms with Crippen molar-refractivity contribution in [1.29, 1.82) is 0 Å². The highest BCUT2D eigenvalue weighted by atomic mass is 28.4. The SMILES string of the molecule is CCOC(=O)[C@H]1N[C@H](CO[Si](c2ccccc2)(c2ccccc2)C(C)(C)C)C[C@@H]1O. The second kappa shape index (κ2) is 9.43. The van der Waals surface area contributed by atoms with Crippen molar-refractivity contribution in [3.8, 4) is 0 Å². The highest BCUT2D eigenvalue weighted by Crippen LogP contribution is 2.37. The number of rotatable bonds is 7. The first-order valence-corrected chi connectivity index (χ1v) is 12.6. The van der Waals surface area contributed by atoms with E-state index in [4.69, 9.17) is 9.16 Å². The maximum Gasteiger partial charge on any atom is 0.325 e. The van der Waals surface area contributed by atoms with Gasteiger partial charge in [-0.2, -0.15) is 0 Å². The number of carbonyl (C=O) groups is 1. The van der Waals surface area contributed by atoms with Gasteiger partial charge < -0.3 is 14.3 Å². The maximum atomic E-state index is 12.1. The van der Waals surface area contributed by atoms with Gasteiger partial charge in [-0.05, 0) is 28.8 Å². The van der Waals surface area contributed by atoms with E-state index >= 15 is 0 Å². The van der Waals surface area contributed by atoms with E-state index in [1.165, 1.54) is 10.4 Å². The van der Waals surface area contributed by atoms with Crippen molar-refractivity contribution in [3.63, 3.8) is 0 Å². The lowest BCUT2D eigenvalue weighted by Crippen LogP contribution is -2.67. The lowest BCUT2D eigenvalue weighted by Gasteiger charge is -2.43. The summed E-state index contributed by atoms with van der Waals surface area (Å²) in [5, 5.41) is 15.9. The molecular weight excluding hydrogens is 394 g/mol. The van der Waals surface area contributed by atoms with E-state index in [1.54, 1.807) is 6.92 Å². The quantitative estimate of drug-likeness (QED) is 0.524. The molecule has 0 amide bonds. The molecule has 0 spiro atoms. The molecule has 5 nitrogen and oxygen atoms in total. The third-order valence-electron chi connectivity index (χ3n) is 5.78. The van der Waals surface area contributed by atoms with E-state index in [9.17, 15) is 9.90 Å². The summed E-state index contributed by atoms with van der Waals surface area (Å²) in [5.74, 6) is -0.405. The van der Waals surface area contributed by atoms with Gasteiger partial charge in [-0.15, -0.1) is 0 Å². The van der Waals surface area contributed by atoms with Crippen molar-refractivity contribution in [3.05, 3.63) is 60.7 Å². The third-order valence-corrected chi connectivity index (χ3v) is 10.8. The van der Waals surface area contributed by atoms with Crippen molar-refractivity contribution in [2.45, 2.75) is 57.3 Å². The molecule has 2 N–H and O–H groups in total. The maximum absolute atomic E-state index is 12.1. The number of hydrogen-bond donors (Lipinski definition) is 2. The van der Waals surface area contributed by atoms with Crippen LogP contribution >= 0.6 is 0 Å². The van der Waals surface area contributed by atoms with Gasteiger partial charge in [-0.1, -0.05) is 81.4 Å². The molecular formula is C24H33NO4Si. The van der Waals surface area contributed by atoms with Crippen molar-refractivity contribution in [2.24, 2.45) is 0 Å². The van der Waals surface area contributed by atoms with Crippen LogP contribution in [0.3, 0.4) is 0 Å². The predicted molar refractivity (Wildman–Crippen MR) is 122 cm³/mol. The summed E-state index contributed by atoms with van der Waals surface area (Å²) in [6, 6.07) is 20.1. The van der Waals surface area contributed by atoms with Crippen LogP contribution in [-0.2, 0) is 14.0 Å². The number of aliphatic hydroxyl groups excluding tert-OH is 1. The fraction of sp³-hybridized carbons (Fsp3) is 0.458. The van der Waals surface area contributed by atoms with Gasteiger partial charge in [0.15, 0.2) is 0 Å². The van der Waals surface area contributed by atoms with Crippen LogP contribution in [0.2, 0.25) is 5.04 Å². The largest absolute Gasteiger partial charge is 0.465 e. The second-order valence-electron chi connectivity index (χ2n) is 8.87. The average molecular weight is 428 g/mol. The molecule has 2 aromatic carbocycles. The summed E-state index contributed by atoms with van der Waals surface area (Å²) in [4.78, 5) is 12.1. The number of nitrogens with one attached hydrogen (secondary N) is 1. The van der Waals surface area contributed by atoms with E-state index in [-0.39, 0.29) is 11.1 Å². The van der Waals surface area contributed by atoms with Crippen LogP contribution < -0.4 is 15.7 Å². The Bertz CT molecular complexity index is 783. The first-order chi connectivity index (χ1) is 14.3. The molecule has 1 saturated heterocycles. The molecule has 0 aromatic heterocycles. The lowest BCUT2D eigenvalue weighted by atomic mass is 10.1. The van der Waals surface area contributed by atoms with Crippen molar-refractivity contribution >= 4 is 24.7 Å². The number of hydrogen-bond acceptors (Lipinski definition) is 5. The fourth-order valence-corrected chi connectivity index (χ4v) is 9.03. The summed E-state index contributed by atoms with van der Waals surface area (Å²) in [7, 11) is -2.64. The van der Waals surface area contributed by atoms with Gasteiger partial charge in [-0.3, -0.25) is 10.1 Å². The Labute approximate surface area is 180 Å². The van der Waals surface area contributed by atoms with Crippen LogP contribution in [0, 0.1) is 0 Å². The second-order valence-corrected chi connectivity index (χ2v) is 13.2. The molecule has 3 rings (SSSR count). The number of benzene rings is 2. The third kappa shape index (κ3) is 4.52. The molecule has 0 unspecified atom stereocenters. The average Bonchev–Trinajstić information content (AvgIpc) is 3.10.